The SMILES string of the molecule is C.C=C.CC1OCCNC1=O. The van der Waals surface area contributed by atoms with Crippen LogP contribution in [0.3, 0.4) is 0 Å². The second kappa shape index (κ2) is 7.28. The van der Waals surface area contributed by atoms with Gasteiger partial charge in [0.25, 0.3) is 0 Å². The third kappa shape index (κ3) is 4.56. The first-order chi connectivity index (χ1) is 4.80. The summed E-state index contributed by atoms with van der Waals surface area (Å²) in [5.74, 6) is -0.00347. The Labute approximate surface area is 68.4 Å². The van der Waals surface area contributed by atoms with Crippen LogP contribution in [0.25, 0.3) is 0 Å². The maximum atomic E-state index is 10.6. The topological polar surface area (TPSA) is 38.3 Å². The van der Waals surface area contributed by atoms with Crippen LogP contribution < -0.4 is 5.32 Å². The van der Waals surface area contributed by atoms with E-state index in [4.69, 9.17) is 4.74 Å². The summed E-state index contributed by atoms with van der Waals surface area (Å²) in [6.07, 6.45) is -0.247. The number of amides is 1. The summed E-state index contributed by atoms with van der Waals surface area (Å²) in [4.78, 5) is 10.6. The van der Waals surface area contributed by atoms with Crippen molar-refractivity contribution >= 4 is 5.91 Å². The first kappa shape index (κ1) is 12.8. The third-order valence-electron chi connectivity index (χ3n) is 1.14. The van der Waals surface area contributed by atoms with E-state index in [1.54, 1.807) is 6.92 Å². The number of hydrogen-bond acceptors (Lipinski definition) is 2. The Bertz CT molecular complexity index is 115. The monoisotopic (exact) mass is 159 g/mol. The zero-order chi connectivity index (χ0) is 7.98. The highest BCUT2D eigenvalue weighted by Crippen LogP contribution is 1.93. The molecule has 1 N–H and O–H groups in total. The molecule has 1 saturated heterocycles. The molecule has 1 atom stereocenters. The van der Waals surface area contributed by atoms with Gasteiger partial charge in [-0.15, -0.1) is 13.2 Å². The lowest BCUT2D eigenvalue weighted by atomic mass is 10.3. The molecule has 0 spiro atoms. The van der Waals surface area contributed by atoms with Crippen LogP contribution in [0.4, 0.5) is 0 Å². The van der Waals surface area contributed by atoms with Gasteiger partial charge in [-0.05, 0) is 6.92 Å². The molecule has 1 fully saturated rings. The molecule has 0 aromatic carbocycles. The van der Waals surface area contributed by atoms with Crippen LogP contribution >= 0.6 is 0 Å². The smallest absolute Gasteiger partial charge is 0.248 e. The number of ether oxygens (including phenoxy) is 1. The normalized spacial score (nSPS) is 21.9. The second-order valence-corrected chi connectivity index (χ2v) is 1.80. The zero-order valence-electron chi connectivity index (χ0n) is 6.22. The van der Waals surface area contributed by atoms with Gasteiger partial charge in [0.2, 0.25) is 5.91 Å². The molecule has 0 aliphatic carbocycles. The van der Waals surface area contributed by atoms with E-state index >= 15 is 0 Å². The van der Waals surface area contributed by atoms with Gasteiger partial charge in [-0.3, -0.25) is 4.79 Å². The van der Waals surface area contributed by atoms with E-state index in [-0.39, 0.29) is 19.4 Å². The number of nitrogens with one attached hydrogen (secondary N) is 1. The van der Waals surface area contributed by atoms with Crippen molar-refractivity contribution in [3.05, 3.63) is 13.2 Å². The highest BCUT2D eigenvalue weighted by atomic mass is 16.5. The third-order valence-corrected chi connectivity index (χ3v) is 1.14. The Kier molecular flexibility index (Phi) is 8.48. The quantitative estimate of drug-likeness (QED) is 0.535. The van der Waals surface area contributed by atoms with Gasteiger partial charge in [-0.1, -0.05) is 7.43 Å². The minimum atomic E-state index is -0.247. The molecule has 0 saturated carbocycles. The van der Waals surface area contributed by atoms with Gasteiger partial charge in [0.05, 0.1) is 6.61 Å². The molecular formula is C8H17NO2. The molecule has 1 unspecified atom stereocenters. The number of morpholine rings is 1. The lowest BCUT2D eigenvalue weighted by molar-refractivity contribution is -0.136. The minimum Gasteiger partial charge on any atom is -0.367 e. The Balaban J connectivity index is 0. The second-order valence-electron chi connectivity index (χ2n) is 1.80. The zero-order valence-corrected chi connectivity index (χ0v) is 6.22. The molecule has 11 heavy (non-hydrogen) atoms. The molecule has 0 bridgehead atoms. The van der Waals surface area contributed by atoms with E-state index in [1.807, 2.05) is 0 Å². The first-order valence-electron chi connectivity index (χ1n) is 3.20. The van der Waals surface area contributed by atoms with Crippen molar-refractivity contribution in [2.45, 2.75) is 20.5 Å². The van der Waals surface area contributed by atoms with Gasteiger partial charge >= 0.3 is 0 Å². The van der Waals surface area contributed by atoms with Crippen LogP contribution in [0.2, 0.25) is 0 Å². The van der Waals surface area contributed by atoms with Crippen molar-refractivity contribution < 1.29 is 9.53 Å². The van der Waals surface area contributed by atoms with Crippen molar-refractivity contribution in [3.63, 3.8) is 0 Å². The van der Waals surface area contributed by atoms with E-state index in [1.165, 1.54) is 0 Å². The summed E-state index contributed by atoms with van der Waals surface area (Å²) < 4.78 is 4.98. The van der Waals surface area contributed by atoms with E-state index in [2.05, 4.69) is 18.5 Å². The first-order valence-corrected chi connectivity index (χ1v) is 3.20. The molecule has 0 radical (unpaired) electrons. The standard InChI is InChI=1S/C5H9NO2.C2H4.CH4/c1-4-5(7)6-2-3-8-4;1-2;/h4H,2-3H2,1H3,(H,6,7);1-2H2;1H4. The highest BCUT2D eigenvalue weighted by Gasteiger charge is 2.15. The fourth-order valence-electron chi connectivity index (χ4n) is 0.629. The van der Waals surface area contributed by atoms with Gasteiger partial charge in [0.15, 0.2) is 0 Å². The Hall–Kier alpha value is -0.830. The molecular weight excluding hydrogens is 142 g/mol. The molecule has 1 rings (SSSR count). The maximum Gasteiger partial charge on any atom is 0.248 e. The van der Waals surface area contributed by atoms with E-state index < -0.39 is 0 Å². The fourth-order valence-corrected chi connectivity index (χ4v) is 0.629. The van der Waals surface area contributed by atoms with Crippen molar-refractivity contribution in [1.29, 1.82) is 0 Å². The van der Waals surface area contributed by atoms with E-state index in [9.17, 15) is 4.79 Å². The number of carbonyl (C=O) groups excluding carboxylic acids is 1. The summed E-state index contributed by atoms with van der Waals surface area (Å²) in [6.45, 7) is 9.05. The molecule has 1 aliphatic rings. The molecule has 1 heterocycles. The average Bonchev–Trinajstić information content (AvgIpc) is 2.00. The van der Waals surface area contributed by atoms with Crippen molar-refractivity contribution in [1.82, 2.24) is 5.32 Å². The maximum absolute atomic E-state index is 10.6. The van der Waals surface area contributed by atoms with Crippen LogP contribution in [0.15, 0.2) is 13.2 Å². The molecule has 3 heteroatoms. The summed E-state index contributed by atoms with van der Waals surface area (Å²) in [5, 5.41) is 2.67. The van der Waals surface area contributed by atoms with Crippen molar-refractivity contribution in [3.8, 4) is 0 Å². The molecule has 3 nitrogen and oxygen atoms in total. The number of rotatable bonds is 0. The Morgan fingerprint density at radius 2 is 2.18 bits per heavy atom. The molecule has 0 aromatic heterocycles. The Morgan fingerprint density at radius 3 is 2.45 bits per heavy atom. The lowest BCUT2D eigenvalue weighted by Crippen LogP contribution is -2.42. The van der Waals surface area contributed by atoms with Gasteiger partial charge < -0.3 is 10.1 Å². The molecule has 66 valence electrons. The molecule has 0 aromatic rings. The number of carbonyl (C=O) groups is 1. The van der Waals surface area contributed by atoms with Crippen molar-refractivity contribution in [2.24, 2.45) is 0 Å². The summed E-state index contributed by atoms with van der Waals surface area (Å²) in [7, 11) is 0. The predicted molar refractivity (Wildman–Crippen MR) is 46.4 cm³/mol. The van der Waals surface area contributed by atoms with E-state index in [0.717, 1.165) is 0 Å². The predicted octanol–water partition coefficient (Wildman–Crippen LogP) is 0.960. The lowest BCUT2D eigenvalue weighted by Gasteiger charge is -2.18. The summed E-state index contributed by atoms with van der Waals surface area (Å²) >= 11 is 0. The largest absolute Gasteiger partial charge is 0.367 e. The van der Waals surface area contributed by atoms with Gasteiger partial charge in [0, 0.05) is 6.54 Å². The minimum absolute atomic E-state index is 0. The van der Waals surface area contributed by atoms with Crippen LogP contribution in [0.5, 0.6) is 0 Å². The summed E-state index contributed by atoms with van der Waals surface area (Å²) in [6, 6.07) is 0. The van der Waals surface area contributed by atoms with Gasteiger partial charge in [-0.25, -0.2) is 0 Å². The van der Waals surface area contributed by atoms with Gasteiger partial charge in [-0.2, -0.15) is 0 Å². The average molecular weight is 159 g/mol. The van der Waals surface area contributed by atoms with Crippen LogP contribution in [-0.4, -0.2) is 25.2 Å². The number of hydrogen-bond donors (Lipinski definition) is 1. The van der Waals surface area contributed by atoms with Crippen LogP contribution in [0.1, 0.15) is 14.4 Å². The highest BCUT2D eigenvalue weighted by molar-refractivity contribution is 5.80. The molecule has 1 aliphatic heterocycles. The van der Waals surface area contributed by atoms with E-state index in [0.29, 0.717) is 13.2 Å². The van der Waals surface area contributed by atoms with Crippen molar-refractivity contribution in [2.75, 3.05) is 13.2 Å². The summed E-state index contributed by atoms with van der Waals surface area (Å²) in [5.41, 5.74) is 0. The van der Waals surface area contributed by atoms with Gasteiger partial charge in [0.1, 0.15) is 6.10 Å². The van der Waals surface area contributed by atoms with Crippen LogP contribution in [0, 0.1) is 0 Å². The fraction of sp³-hybridized carbons (Fsp3) is 0.625. The Morgan fingerprint density at radius 1 is 1.64 bits per heavy atom. The van der Waals surface area contributed by atoms with Crippen LogP contribution in [-0.2, 0) is 9.53 Å². The molecule has 1 amide bonds.